The molecule has 0 aliphatic carbocycles. The lowest BCUT2D eigenvalue weighted by atomic mass is 10.0. The molecule has 0 saturated heterocycles. The number of alkyl halides is 3. The summed E-state index contributed by atoms with van der Waals surface area (Å²) < 4.78 is 57.0. The third-order valence-corrected chi connectivity index (χ3v) is 3.74. The van der Waals surface area contributed by atoms with Crippen molar-refractivity contribution < 1.29 is 22.3 Å². The van der Waals surface area contributed by atoms with E-state index in [0.29, 0.717) is 0 Å². The zero-order valence-corrected chi connectivity index (χ0v) is 10.8. The van der Waals surface area contributed by atoms with Crippen molar-refractivity contribution in [2.24, 2.45) is 0 Å². The largest absolute Gasteiger partial charge is 0.475 e. The molecule has 1 unspecified atom stereocenters. The van der Waals surface area contributed by atoms with Crippen LogP contribution in [-0.4, -0.2) is 6.18 Å². The van der Waals surface area contributed by atoms with E-state index in [1.54, 1.807) is 12.1 Å². The fraction of sp³-hybridized carbons (Fsp3) is 0.143. The molecular formula is C14H8F4OS. The molecule has 1 aromatic carbocycles. The van der Waals surface area contributed by atoms with Crippen LogP contribution in [0.25, 0.3) is 11.8 Å². The Morgan fingerprint density at radius 2 is 2.00 bits per heavy atom. The Morgan fingerprint density at radius 1 is 1.20 bits per heavy atom. The molecule has 1 atom stereocenters. The van der Waals surface area contributed by atoms with Crippen LogP contribution in [0.4, 0.5) is 17.6 Å². The molecule has 0 N–H and O–H groups in total. The van der Waals surface area contributed by atoms with Crippen molar-refractivity contribution in [3.63, 3.8) is 0 Å². The van der Waals surface area contributed by atoms with E-state index in [4.69, 9.17) is 4.74 Å². The highest BCUT2D eigenvalue weighted by Gasteiger charge is 2.48. The Kier molecular flexibility index (Phi) is 3.05. The first-order valence-electron chi connectivity index (χ1n) is 5.73. The summed E-state index contributed by atoms with van der Waals surface area (Å²) in [4.78, 5) is 0.776. The predicted molar refractivity (Wildman–Crippen MR) is 68.5 cm³/mol. The van der Waals surface area contributed by atoms with Gasteiger partial charge >= 0.3 is 6.18 Å². The van der Waals surface area contributed by atoms with Gasteiger partial charge in [0.05, 0.1) is 0 Å². The van der Waals surface area contributed by atoms with Crippen LogP contribution in [0.5, 0.6) is 0 Å². The molecule has 0 radical (unpaired) electrons. The first-order valence-corrected chi connectivity index (χ1v) is 6.61. The number of benzene rings is 1. The zero-order chi connectivity index (χ0) is 14.3. The minimum absolute atomic E-state index is 0.116. The quantitative estimate of drug-likeness (QED) is 0.672. The third-order valence-electron chi connectivity index (χ3n) is 2.92. The van der Waals surface area contributed by atoms with Crippen LogP contribution < -0.4 is 0 Å². The summed E-state index contributed by atoms with van der Waals surface area (Å²) in [6.45, 7) is 0. The van der Waals surface area contributed by atoms with E-state index >= 15 is 0 Å². The molecule has 1 aliphatic heterocycles. The van der Waals surface area contributed by atoms with Crippen molar-refractivity contribution >= 4 is 23.2 Å². The Morgan fingerprint density at radius 3 is 2.65 bits per heavy atom. The normalized spacial score (nSPS) is 20.0. The van der Waals surface area contributed by atoms with E-state index in [1.807, 2.05) is 5.38 Å². The number of fused-ring (bicyclic) bond motifs is 1. The van der Waals surface area contributed by atoms with E-state index < -0.39 is 18.1 Å². The summed E-state index contributed by atoms with van der Waals surface area (Å²) in [5, 5.41) is 1.81. The fourth-order valence-corrected chi connectivity index (χ4v) is 2.73. The molecule has 2 heterocycles. The monoisotopic (exact) mass is 300 g/mol. The van der Waals surface area contributed by atoms with Gasteiger partial charge in [0.1, 0.15) is 11.6 Å². The maximum atomic E-state index is 13.2. The Balaban J connectivity index is 2.10. The van der Waals surface area contributed by atoms with Crippen LogP contribution >= 0.6 is 11.3 Å². The van der Waals surface area contributed by atoms with Crippen LogP contribution in [0.2, 0.25) is 0 Å². The second-order valence-corrected chi connectivity index (χ2v) is 5.27. The number of hydrogen-bond acceptors (Lipinski definition) is 2. The van der Waals surface area contributed by atoms with Gasteiger partial charge in [0, 0.05) is 16.0 Å². The van der Waals surface area contributed by atoms with Gasteiger partial charge in [-0.05, 0) is 35.7 Å². The maximum Gasteiger partial charge on any atom is 0.429 e. The molecule has 1 aromatic heterocycles. The number of halogens is 4. The van der Waals surface area contributed by atoms with Crippen molar-refractivity contribution in [3.05, 3.63) is 57.5 Å². The van der Waals surface area contributed by atoms with Crippen LogP contribution in [0, 0.1) is 5.82 Å². The summed E-state index contributed by atoms with van der Waals surface area (Å²) >= 11 is 1.38. The van der Waals surface area contributed by atoms with Crippen molar-refractivity contribution in [1.82, 2.24) is 0 Å². The lowest BCUT2D eigenvalue weighted by molar-refractivity contribution is -0.201. The molecular weight excluding hydrogens is 292 g/mol. The number of thiophene rings is 1. The van der Waals surface area contributed by atoms with E-state index in [-0.39, 0.29) is 16.9 Å². The molecule has 1 nitrogen and oxygen atoms in total. The van der Waals surface area contributed by atoms with Gasteiger partial charge in [0.2, 0.25) is 6.10 Å². The third kappa shape index (κ3) is 2.31. The average molecular weight is 300 g/mol. The number of rotatable bonds is 1. The van der Waals surface area contributed by atoms with Crippen LogP contribution in [-0.2, 0) is 4.74 Å². The second-order valence-electron chi connectivity index (χ2n) is 4.30. The Bertz CT molecular complexity index is 658. The highest BCUT2D eigenvalue weighted by molar-refractivity contribution is 7.10. The van der Waals surface area contributed by atoms with Gasteiger partial charge in [0.15, 0.2) is 0 Å². The number of hydrogen-bond donors (Lipinski definition) is 0. The molecule has 104 valence electrons. The molecule has 0 fully saturated rings. The Hall–Kier alpha value is -1.82. The highest BCUT2D eigenvalue weighted by Crippen LogP contribution is 2.47. The lowest BCUT2D eigenvalue weighted by Gasteiger charge is -2.15. The fourth-order valence-electron chi connectivity index (χ4n) is 2.09. The molecule has 0 amide bonds. The Labute approximate surface area is 116 Å². The van der Waals surface area contributed by atoms with Gasteiger partial charge < -0.3 is 4.74 Å². The summed E-state index contributed by atoms with van der Waals surface area (Å²) in [6.07, 6.45) is -5.15. The van der Waals surface area contributed by atoms with Crippen LogP contribution in [0.15, 0.2) is 35.7 Å². The van der Waals surface area contributed by atoms with Gasteiger partial charge in [-0.15, -0.1) is 11.3 Å². The lowest BCUT2D eigenvalue weighted by Crippen LogP contribution is -2.19. The maximum absolute atomic E-state index is 13.2. The van der Waals surface area contributed by atoms with E-state index in [9.17, 15) is 17.6 Å². The summed E-state index contributed by atoms with van der Waals surface area (Å²) in [7, 11) is 0. The van der Waals surface area contributed by atoms with Crippen molar-refractivity contribution in [2.75, 3.05) is 0 Å². The van der Waals surface area contributed by atoms with Gasteiger partial charge in [0.25, 0.3) is 0 Å². The predicted octanol–water partition coefficient (Wildman–Crippen LogP) is 5.02. The molecule has 0 bridgehead atoms. The van der Waals surface area contributed by atoms with Crippen LogP contribution in [0.3, 0.4) is 0 Å². The minimum Gasteiger partial charge on any atom is -0.475 e. The second kappa shape index (κ2) is 4.63. The smallest absolute Gasteiger partial charge is 0.429 e. The van der Waals surface area contributed by atoms with Gasteiger partial charge in [-0.3, -0.25) is 0 Å². The summed E-state index contributed by atoms with van der Waals surface area (Å²) in [6, 6.07) is 6.88. The molecule has 0 spiro atoms. The number of ether oxygens (including phenoxy) is 1. The first-order chi connectivity index (χ1) is 9.45. The average Bonchev–Trinajstić information content (AvgIpc) is 2.97. The van der Waals surface area contributed by atoms with Crippen molar-refractivity contribution in [1.29, 1.82) is 0 Å². The van der Waals surface area contributed by atoms with Crippen molar-refractivity contribution in [2.45, 2.75) is 12.3 Å². The summed E-state index contributed by atoms with van der Waals surface area (Å²) in [5.41, 5.74) is 0.0995. The standard InChI is InChI=1S/C14H8F4OS/c15-8-3-4-10-11(6-8)13(14(16,17)18)19-12(10)7-9-2-1-5-20-9/h1-7,13H/b12-7-. The van der Waals surface area contributed by atoms with Gasteiger partial charge in [-0.1, -0.05) is 6.07 Å². The van der Waals surface area contributed by atoms with E-state index in [0.717, 1.165) is 17.0 Å². The van der Waals surface area contributed by atoms with Crippen molar-refractivity contribution in [3.8, 4) is 0 Å². The summed E-state index contributed by atoms with van der Waals surface area (Å²) in [5.74, 6) is -0.594. The van der Waals surface area contributed by atoms with Gasteiger partial charge in [-0.2, -0.15) is 13.2 Å². The van der Waals surface area contributed by atoms with Crippen LogP contribution in [0.1, 0.15) is 22.1 Å². The highest BCUT2D eigenvalue weighted by atomic mass is 32.1. The minimum atomic E-state index is -4.58. The zero-order valence-electron chi connectivity index (χ0n) is 9.95. The first kappa shape index (κ1) is 13.2. The SMILES string of the molecule is Fc1ccc2c(c1)C(C(F)(F)F)O/C2=C\c1cccs1. The molecule has 20 heavy (non-hydrogen) atoms. The van der Waals surface area contributed by atoms with E-state index in [1.165, 1.54) is 23.5 Å². The van der Waals surface area contributed by atoms with Gasteiger partial charge in [-0.25, -0.2) is 4.39 Å². The molecule has 1 aliphatic rings. The topological polar surface area (TPSA) is 9.23 Å². The molecule has 3 rings (SSSR count). The molecule has 0 saturated carbocycles. The van der Waals surface area contributed by atoms with E-state index in [2.05, 4.69) is 0 Å². The molecule has 6 heteroatoms. The molecule has 2 aromatic rings.